The van der Waals surface area contributed by atoms with E-state index in [1.54, 1.807) is 0 Å². The Bertz CT molecular complexity index is 393. The molecule has 0 aromatic rings. The lowest BCUT2D eigenvalue weighted by molar-refractivity contribution is -0.147. The zero-order valence-electron chi connectivity index (χ0n) is 12.8. The van der Waals surface area contributed by atoms with Crippen molar-refractivity contribution in [3.63, 3.8) is 0 Å². The molecule has 0 saturated heterocycles. The number of Topliss-reactive ketones (excluding diaryl/α,β-unsaturated/α-hetero) is 1. The van der Waals surface area contributed by atoms with Gasteiger partial charge in [-0.2, -0.15) is 0 Å². The largest absolute Gasteiger partial charge is 0.469 e. The highest BCUT2D eigenvalue weighted by atomic mass is 16.7. The summed E-state index contributed by atoms with van der Waals surface area (Å²) >= 11 is 0. The highest BCUT2D eigenvalue weighted by Gasteiger charge is 2.42. The Kier molecular flexibility index (Phi) is 4.05. The Morgan fingerprint density at radius 2 is 2.05 bits per heavy atom. The first kappa shape index (κ1) is 14.6. The van der Waals surface area contributed by atoms with Gasteiger partial charge in [-0.1, -0.05) is 27.7 Å². The van der Waals surface area contributed by atoms with Crippen LogP contribution in [0.5, 0.6) is 0 Å². The number of ketones is 1. The Hall–Kier alpha value is -0.830. The third-order valence-corrected chi connectivity index (χ3v) is 4.13. The van der Waals surface area contributed by atoms with E-state index in [1.165, 1.54) is 0 Å². The minimum atomic E-state index is -0.183. The molecule has 1 heterocycles. The maximum absolute atomic E-state index is 12.4. The van der Waals surface area contributed by atoms with E-state index in [9.17, 15) is 4.79 Å². The fourth-order valence-corrected chi connectivity index (χ4v) is 3.22. The van der Waals surface area contributed by atoms with Crippen LogP contribution in [-0.2, 0) is 14.3 Å². The average Bonchev–Trinajstić information content (AvgIpc) is 2.25. The molecule has 0 aromatic heterocycles. The van der Waals surface area contributed by atoms with Gasteiger partial charge >= 0.3 is 0 Å². The van der Waals surface area contributed by atoms with E-state index in [2.05, 4.69) is 27.7 Å². The zero-order valence-corrected chi connectivity index (χ0v) is 12.8. The Balaban J connectivity index is 2.33. The zero-order chi connectivity index (χ0) is 14.2. The van der Waals surface area contributed by atoms with Crippen molar-refractivity contribution in [2.24, 2.45) is 17.3 Å². The van der Waals surface area contributed by atoms with Crippen molar-refractivity contribution in [2.45, 2.75) is 60.2 Å². The van der Waals surface area contributed by atoms with Gasteiger partial charge in [0.1, 0.15) is 5.76 Å². The van der Waals surface area contributed by atoms with Gasteiger partial charge in [0.25, 0.3) is 0 Å². The maximum atomic E-state index is 12.4. The molecule has 3 nitrogen and oxygen atoms in total. The molecule has 0 amide bonds. The maximum Gasteiger partial charge on any atom is 0.199 e. The lowest BCUT2D eigenvalue weighted by atomic mass is 9.70. The topological polar surface area (TPSA) is 35.5 Å². The van der Waals surface area contributed by atoms with Gasteiger partial charge in [-0.25, -0.2) is 0 Å². The van der Waals surface area contributed by atoms with Crippen LogP contribution in [-0.4, -0.2) is 18.7 Å². The van der Waals surface area contributed by atoms with Gasteiger partial charge in [0.2, 0.25) is 0 Å². The summed E-state index contributed by atoms with van der Waals surface area (Å²) in [7, 11) is 0. The third-order valence-electron chi connectivity index (χ3n) is 4.13. The van der Waals surface area contributed by atoms with Crippen LogP contribution in [0.3, 0.4) is 0 Å². The summed E-state index contributed by atoms with van der Waals surface area (Å²) < 4.78 is 11.6. The van der Waals surface area contributed by atoms with Crippen molar-refractivity contribution in [3.8, 4) is 0 Å². The molecule has 0 N–H and O–H groups in total. The van der Waals surface area contributed by atoms with Crippen LogP contribution >= 0.6 is 0 Å². The van der Waals surface area contributed by atoms with Crippen LogP contribution in [0.25, 0.3) is 0 Å². The van der Waals surface area contributed by atoms with Crippen LogP contribution in [0.2, 0.25) is 0 Å². The summed E-state index contributed by atoms with van der Waals surface area (Å²) in [5.41, 5.74) is 0.955. The van der Waals surface area contributed by atoms with E-state index in [4.69, 9.17) is 9.47 Å². The summed E-state index contributed by atoms with van der Waals surface area (Å²) in [5.74, 6) is 1.90. The molecular formula is C16H26O3. The second kappa shape index (κ2) is 5.28. The van der Waals surface area contributed by atoms with E-state index in [1.807, 2.05) is 6.92 Å². The standard InChI is InChI=1S/C16H26O3/c1-6-18-14-7-11(10(2)3)15-12(17)8-16(4,5)9-13(15)19-14/h10-11,14H,6-9H2,1-5H3. The first-order valence-corrected chi connectivity index (χ1v) is 7.38. The number of hydrogen-bond donors (Lipinski definition) is 0. The van der Waals surface area contributed by atoms with E-state index < -0.39 is 0 Å². The lowest BCUT2D eigenvalue weighted by Crippen LogP contribution is -2.38. The Labute approximate surface area is 116 Å². The average molecular weight is 266 g/mol. The van der Waals surface area contributed by atoms with E-state index in [-0.39, 0.29) is 23.4 Å². The number of ether oxygens (including phenoxy) is 2. The van der Waals surface area contributed by atoms with Gasteiger partial charge in [0, 0.05) is 31.4 Å². The van der Waals surface area contributed by atoms with Crippen molar-refractivity contribution >= 4 is 5.78 Å². The first-order valence-electron chi connectivity index (χ1n) is 7.38. The van der Waals surface area contributed by atoms with Gasteiger partial charge in [0.05, 0.1) is 0 Å². The van der Waals surface area contributed by atoms with E-state index in [0.717, 1.165) is 24.2 Å². The van der Waals surface area contributed by atoms with Crippen LogP contribution in [0, 0.1) is 17.3 Å². The lowest BCUT2D eigenvalue weighted by Gasteiger charge is -2.41. The van der Waals surface area contributed by atoms with Crippen LogP contribution in [0.1, 0.15) is 53.9 Å². The summed E-state index contributed by atoms with van der Waals surface area (Å²) in [4.78, 5) is 12.4. The number of rotatable bonds is 3. The molecule has 2 rings (SSSR count). The monoisotopic (exact) mass is 266 g/mol. The van der Waals surface area contributed by atoms with Gasteiger partial charge in [0.15, 0.2) is 12.1 Å². The number of hydrogen-bond acceptors (Lipinski definition) is 3. The van der Waals surface area contributed by atoms with Crippen molar-refractivity contribution in [2.75, 3.05) is 6.61 Å². The van der Waals surface area contributed by atoms with Crippen LogP contribution < -0.4 is 0 Å². The summed E-state index contributed by atoms with van der Waals surface area (Å²) in [5, 5.41) is 0. The van der Waals surface area contributed by atoms with Gasteiger partial charge in [-0.05, 0) is 24.2 Å². The number of carbonyl (C=O) groups is 1. The molecule has 2 unspecified atom stereocenters. The van der Waals surface area contributed by atoms with Crippen molar-refractivity contribution in [3.05, 3.63) is 11.3 Å². The molecule has 0 radical (unpaired) electrons. The van der Waals surface area contributed by atoms with E-state index >= 15 is 0 Å². The molecule has 0 aromatic carbocycles. The molecule has 3 heteroatoms. The van der Waals surface area contributed by atoms with Crippen LogP contribution in [0.15, 0.2) is 11.3 Å². The van der Waals surface area contributed by atoms with Crippen molar-refractivity contribution in [1.29, 1.82) is 0 Å². The summed E-state index contributed by atoms with van der Waals surface area (Å²) in [6.45, 7) is 11.2. The minimum Gasteiger partial charge on any atom is -0.469 e. The fraction of sp³-hybridized carbons (Fsp3) is 0.812. The molecule has 1 aliphatic carbocycles. The molecule has 0 spiro atoms. The molecule has 19 heavy (non-hydrogen) atoms. The van der Waals surface area contributed by atoms with Gasteiger partial charge < -0.3 is 9.47 Å². The molecule has 108 valence electrons. The smallest absolute Gasteiger partial charge is 0.199 e. The second-order valence-electron chi connectivity index (χ2n) is 6.87. The van der Waals surface area contributed by atoms with Gasteiger partial charge in [-0.3, -0.25) is 4.79 Å². The Morgan fingerprint density at radius 3 is 2.63 bits per heavy atom. The molecule has 2 atom stereocenters. The fourth-order valence-electron chi connectivity index (χ4n) is 3.22. The highest BCUT2D eigenvalue weighted by molar-refractivity contribution is 5.97. The molecule has 0 bridgehead atoms. The molecular weight excluding hydrogens is 240 g/mol. The number of allylic oxidation sites excluding steroid dienone is 2. The molecule has 1 aliphatic heterocycles. The van der Waals surface area contributed by atoms with E-state index in [0.29, 0.717) is 18.9 Å². The highest BCUT2D eigenvalue weighted by Crippen LogP contribution is 2.45. The first-order chi connectivity index (χ1) is 8.84. The summed E-state index contributed by atoms with van der Waals surface area (Å²) in [6, 6.07) is 0. The SMILES string of the molecule is CCOC1CC(C(C)C)C2=C(CC(C)(C)CC2=O)O1. The van der Waals surface area contributed by atoms with Gasteiger partial charge in [-0.15, -0.1) is 0 Å². The second-order valence-corrected chi connectivity index (χ2v) is 6.87. The normalized spacial score (nSPS) is 30.3. The minimum absolute atomic E-state index is 0.00551. The molecule has 0 fully saturated rings. The van der Waals surface area contributed by atoms with Crippen molar-refractivity contribution < 1.29 is 14.3 Å². The molecule has 2 aliphatic rings. The quantitative estimate of drug-likeness (QED) is 0.781. The van der Waals surface area contributed by atoms with Crippen LogP contribution in [0.4, 0.5) is 0 Å². The third kappa shape index (κ3) is 3.02. The predicted octanol–water partition coefficient (Wildman–Crippen LogP) is 3.68. The number of carbonyl (C=O) groups excluding carboxylic acids is 1. The molecule has 0 saturated carbocycles. The Morgan fingerprint density at radius 1 is 1.37 bits per heavy atom. The van der Waals surface area contributed by atoms with Crippen molar-refractivity contribution in [1.82, 2.24) is 0 Å². The summed E-state index contributed by atoms with van der Waals surface area (Å²) in [6.07, 6.45) is 2.10. The predicted molar refractivity (Wildman–Crippen MR) is 74.5 cm³/mol.